The fourth-order valence-corrected chi connectivity index (χ4v) is 3.69. The molecule has 0 atom stereocenters. The molecule has 0 aromatic heterocycles. The van der Waals surface area contributed by atoms with E-state index in [1.54, 1.807) is 18.2 Å². The molecule has 5 nitrogen and oxygen atoms in total. The molecule has 2 aromatic rings. The molecule has 1 N–H and O–H groups in total. The minimum atomic E-state index is -0.380. The van der Waals surface area contributed by atoms with Crippen LogP contribution >= 0.6 is 23.4 Å². The Labute approximate surface area is 166 Å². The minimum Gasteiger partial charge on any atom is -0.325 e. The maximum Gasteiger partial charge on any atom is 0.293 e. The van der Waals surface area contributed by atoms with Crippen molar-refractivity contribution >= 4 is 52.2 Å². The van der Waals surface area contributed by atoms with Crippen LogP contribution in [0, 0.1) is 6.92 Å². The molecule has 138 valence electrons. The third-order valence-electron chi connectivity index (χ3n) is 3.93. The number of anilines is 1. The number of benzene rings is 2. The largest absolute Gasteiger partial charge is 0.325 e. The average Bonchev–Trinajstić information content (AvgIpc) is 2.90. The number of rotatable bonds is 5. The van der Waals surface area contributed by atoms with Crippen molar-refractivity contribution in [3.05, 3.63) is 69.6 Å². The Morgan fingerprint density at radius 1 is 1.19 bits per heavy atom. The highest BCUT2D eigenvalue weighted by atomic mass is 35.5. The maximum atomic E-state index is 12.4. The average molecular weight is 401 g/mol. The normalized spacial score (nSPS) is 15.5. The topological polar surface area (TPSA) is 66.5 Å². The van der Waals surface area contributed by atoms with Crippen LogP contribution in [0.15, 0.2) is 53.4 Å². The summed E-state index contributed by atoms with van der Waals surface area (Å²) in [5.41, 5.74) is 2.33. The highest BCUT2D eigenvalue weighted by Gasteiger charge is 2.35. The Hall–Kier alpha value is -2.57. The van der Waals surface area contributed by atoms with Crippen LogP contribution in [-0.4, -0.2) is 28.5 Å². The highest BCUT2D eigenvalue weighted by molar-refractivity contribution is 8.18. The lowest BCUT2D eigenvalue weighted by Gasteiger charge is -2.13. The number of nitrogens with one attached hydrogen (secondary N) is 1. The molecule has 1 heterocycles. The Morgan fingerprint density at radius 2 is 1.93 bits per heavy atom. The first-order valence-corrected chi connectivity index (χ1v) is 9.50. The summed E-state index contributed by atoms with van der Waals surface area (Å²) in [6.45, 7) is 1.92. The molecule has 0 radical (unpaired) electrons. The number of halogens is 1. The first-order valence-electron chi connectivity index (χ1n) is 8.30. The molecule has 0 aliphatic carbocycles. The molecule has 1 aliphatic rings. The molecule has 2 aromatic carbocycles. The van der Waals surface area contributed by atoms with Crippen LogP contribution in [0.2, 0.25) is 5.02 Å². The predicted molar refractivity (Wildman–Crippen MR) is 109 cm³/mol. The van der Waals surface area contributed by atoms with Crippen molar-refractivity contribution in [3.8, 4) is 0 Å². The third-order valence-corrected chi connectivity index (χ3v) is 5.15. The van der Waals surface area contributed by atoms with Crippen LogP contribution in [0.25, 0.3) is 6.08 Å². The highest BCUT2D eigenvalue weighted by Crippen LogP contribution is 2.32. The quantitative estimate of drug-likeness (QED) is 0.738. The van der Waals surface area contributed by atoms with Gasteiger partial charge in [-0.2, -0.15) is 0 Å². The first-order chi connectivity index (χ1) is 12.9. The zero-order valence-corrected chi connectivity index (χ0v) is 16.1. The number of hydrogen-bond acceptors (Lipinski definition) is 4. The summed E-state index contributed by atoms with van der Waals surface area (Å²) in [5.74, 6) is -0.693. The summed E-state index contributed by atoms with van der Waals surface area (Å²) in [7, 11) is 0. The number of thioether (sulfide) groups is 1. The molecule has 0 unspecified atom stereocenters. The van der Waals surface area contributed by atoms with Gasteiger partial charge in [-0.15, -0.1) is 0 Å². The van der Waals surface area contributed by atoms with Crippen LogP contribution in [0.5, 0.6) is 0 Å². The van der Waals surface area contributed by atoms with Crippen LogP contribution < -0.4 is 5.32 Å². The molecule has 3 amide bonds. The first kappa shape index (κ1) is 19.2. The molecule has 1 aliphatic heterocycles. The minimum absolute atomic E-state index is 0.000855. The van der Waals surface area contributed by atoms with Crippen molar-refractivity contribution in [2.24, 2.45) is 0 Å². The Morgan fingerprint density at radius 3 is 2.63 bits per heavy atom. The van der Waals surface area contributed by atoms with E-state index in [9.17, 15) is 14.4 Å². The Bertz CT molecular complexity index is 928. The van der Waals surface area contributed by atoms with E-state index in [0.717, 1.165) is 27.8 Å². The fourth-order valence-electron chi connectivity index (χ4n) is 2.54. The molecule has 3 rings (SSSR count). The van der Waals surface area contributed by atoms with E-state index in [0.29, 0.717) is 15.6 Å². The second-order valence-electron chi connectivity index (χ2n) is 6.03. The van der Waals surface area contributed by atoms with E-state index in [1.165, 1.54) is 0 Å². The summed E-state index contributed by atoms with van der Waals surface area (Å²) < 4.78 is 0. The van der Waals surface area contributed by atoms with Crippen LogP contribution in [0.4, 0.5) is 10.5 Å². The molecule has 1 saturated heterocycles. The van der Waals surface area contributed by atoms with Gasteiger partial charge in [-0.25, -0.2) is 0 Å². The standard InChI is InChI=1S/C20H17ClN2O3S/c1-13-7-8-16(15(21)11-13)22-18(24)9-10-23-19(25)17(27-20(23)26)12-14-5-3-2-4-6-14/h2-8,11-12H,9-10H2,1H3,(H,22,24)/b17-12-. The van der Waals surface area contributed by atoms with Crippen LogP contribution in [0.3, 0.4) is 0 Å². The number of carbonyl (C=O) groups excluding carboxylic acids is 3. The van der Waals surface area contributed by atoms with Gasteiger partial charge in [-0.1, -0.05) is 48.0 Å². The zero-order valence-electron chi connectivity index (χ0n) is 14.6. The lowest BCUT2D eigenvalue weighted by molar-refractivity contribution is -0.123. The molecular weight excluding hydrogens is 384 g/mol. The maximum absolute atomic E-state index is 12.4. The van der Waals surface area contributed by atoms with E-state index in [2.05, 4.69) is 5.32 Å². The smallest absolute Gasteiger partial charge is 0.293 e. The van der Waals surface area contributed by atoms with E-state index >= 15 is 0 Å². The zero-order chi connectivity index (χ0) is 19.4. The van der Waals surface area contributed by atoms with Gasteiger partial charge in [0.15, 0.2) is 0 Å². The number of nitrogens with zero attached hydrogens (tertiary/aromatic N) is 1. The van der Waals surface area contributed by atoms with Crippen molar-refractivity contribution < 1.29 is 14.4 Å². The van der Waals surface area contributed by atoms with Gasteiger partial charge in [-0.05, 0) is 48.0 Å². The molecule has 7 heteroatoms. The summed E-state index contributed by atoms with van der Waals surface area (Å²) in [5, 5.41) is 2.77. The van der Waals surface area contributed by atoms with E-state index < -0.39 is 0 Å². The number of hydrogen-bond donors (Lipinski definition) is 1. The van der Waals surface area contributed by atoms with Crippen LogP contribution in [-0.2, 0) is 9.59 Å². The Balaban J connectivity index is 1.60. The van der Waals surface area contributed by atoms with E-state index in [4.69, 9.17) is 11.6 Å². The predicted octanol–water partition coefficient (Wildman–Crippen LogP) is 4.71. The summed E-state index contributed by atoms with van der Waals surface area (Å²) in [6.07, 6.45) is 1.68. The third kappa shape index (κ3) is 4.78. The van der Waals surface area contributed by atoms with Crippen molar-refractivity contribution in [2.45, 2.75) is 13.3 Å². The summed E-state index contributed by atoms with van der Waals surface area (Å²) in [4.78, 5) is 38.2. The molecule has 0 spiro atoms. The second kappa shape index (κ2) is 8.41. The number of carbonyl (C=O) groups is 3. The van der Waals surface area contributed by atoms with Gasteiger partial charge >= 0.3 is 0 Å². The van der Waals surface area contributed by atoms with Gasteiger partial charge in [0.25, 0.3) is 11.1 Å². The molecule has 0 bridgehead atoms. The molecule has 1 fully saturated rings. The van der Waals surface area contributed by atoms with E-state index in [-0.39, 0.29) is 30.0 Å². The second-order valence-corrected chi connectivity index (χ2v) is 7.43. The SMILES string of the molecule is Cc1ccc(NC(=O)CCN2C(=O)S/C(=C\c3ccccc3)C2=O)c(Cl)c1. The van der Waals surface area contributed by atoms with Gasteiger partial charge in [0.05, 0.1) is 15.6 Å². The number of amides is 3. The van der Waals surface area contributed by atoms with Crippen molar-refractivity contribution in [3.63, 3.8) is 0 Å². The van der Waals surface area contributed by atoms with Gasteiger partial charge in [0, 0.05) is 13.0 Å². The van der Waals surface area contributed by atoms with Gasteiger partial charge in [0.1, 0.15) is 0 Å². The van der Waals surface area contributed by atoms with Crippen molar-refractivity contribution in [1.82, 2.24) is 4.90 Å². The summed E-state index contributed by atoms with van der Waals surface area (Å²) >= 11 is 6.98. The molecular formula is C20H17ClN2O3S. The number of imide groups is 1. The van der Waals surface area contributed by atoms with Gasteiger partial charge in [0.2, 0.25) is 5.91 Å². The lowest BCUT2D eigenvalue weighted by atomic mass is 10.2. The molecule has 27 heavy (non-hydrogen) atoms. The molecule has 0 saturated carbocycles. The van der Waals surface area contributed by atoms with E-state index in [1.807, 2.05) is 43.3 Å². The monoisotopic (exact) mass is 400 g/mol. The number of aryl methyl sites for hydroxylation is 1. The fraction of sp³-hybridized carbons (Fsp3) is 0.150. The van der Waals surface area contributed by atoms with Crippen molar-refractivity contribution in [2.75, 3.05) is 11.9 Å². The Kier molecular flexibility index (Phi) is 5.98. The lowest BCUT2D eigenvalue weighted by Crippen LogP contribution is -2.31. The van der Waals surface area contributed by atoms with Crippen molar-refractivity contribution in [1.29, 1.82) is 0 Å². The van der Waals surface area contributed by atoms with Crippen LogP contribution in [0.1, 0.15) is 17.5 Å². The van der Waals surface area contributed by atoms with Gasteiger partial charge in [-0.3, -0.25) is 19.3 Å². The summed E-state index contributed by atoms with van der Waals surface area (Å²) in [6, 6.07) is 14.6. The van der Waals surface area contributed by atoms with Gasteiger partial charge < -0.3 is 5.32 Å².